The first-order valence-corrected chi connectivity index (χ1v) is 13.0. The summed E-state index contributed by atoms with van der Waals surface area (Å²) in [6.07, 6.45) is -1.27. The summed E-state index contributed by atoms with van der Waals surface area (Å²) in [5.41, 5.74) is 2.91. The summed E-state index contributed by atoms with van der Waals surface area (Å²) in [5, 5.41) is 8.61. The lowest BCUT2D eigenvalue weighted by atomic mass is 10.1. The van der Waals surface area contributed by atoms with E-state index in [0.29, 0.717) is 40.6 Å². The molecule has 2 aromatic carbocycles. The number of aromatic nitrogens is 2. The zero-order chi connectivity index (χ0) is 27.7. The Morgan fingerprint density at radius 2 is 2.13 bits per heavy atom. The van der Waals surface area contributed by atoms with Crippen molar-refractivity contribution >= 4 is 57.3 Å². The van der Waals surface area contributed by atoms with Gasteiger partial charge in [-0.25, -0.2) is 5.48 Å². The third kappa shape index (κ3) is 5.96. The molecule has 9 nitrogen and oxygen atoms in total. The molecule has 0 aliphatic carbocycles. The van der Waals surface area contributed by atoms with E-state index in [1.54, 1.807) is 30.5 Å². The summed E-state index contributed by atoms with van der Waals surface area (Å²) in [6, 6.07) is 8.49. The molecule has 2 aliphatic rings. The molecule has 0 spiro atoms. The van der Waals surface area contributed by atoms with Gasteiger partial charge in [0.15, 0.2) is 5.17 Å². The molecule has 1 aromatic heterocycles. The van der Waals surface area contributed by atoms with Gasteiger partial charge in [-0.1, -0.05) is 23.7 Å². The fourth-order valence-corrected chi connectivity index (χ4v) is 5.51. The number of rotatable bonds is 5. The maximum absolute atomic E-state index is 13.5. The zero-order valence-electron chi connectivity index (χ0n) is 20.5. The normalized spacial score (nSPS) is 19.2. The summed E-state index contributed by atoms with van der Waals surface area (Å²) in [4.78, 5) is 35.9. The topological polar surface area (TPSA) is 101 Å². The first-order chi connectivity index (χ1) is 18.6. The Balaban J connectivity index is 1.32. The molecule has 2 N–H and O–H groups in total. The van der Waals surface area contributed by atoms with E-state index in [0.717, 1.165) is 11.6 Å². The van der Waals surface area contributed by atoms with Crippen LogP contribution >= 0.6 is 23.4 Å². The van der Waals surface area contributed by atoms with Crippen LogP contribution < -0.4 is 10.8 Å². The Morgan fingerprint density at radius 3 is 2.90 bits per heavy atom. The van der Waals surface area contributed by atoms with Crippen LogP contribution in [0.3, 0.4) is 0 Å². The molecule has 1 saturated heterocycles. The summed E-state index contributed by atoms with van der Waals surface area (Å²) >= 11 is 7.02. The van der Waals surface area contributed by atoms with Gasteiger partial charge in [0.2, 0.25) is 0 Å². The summed E-state index contributed by atoms with van der Waals surface area (Å²) < 4.78 is 42.0. The van der Waals surface area contributed by atoms with E-state index in [2.05, 4.69) is 25.7 Å². The fourth-order valence-electron chi connectivity index (χ4n) is 4.39. The van der Waals surface area contributed by atoms with Crippen LogP contribution in [0, 0.1) is 0 Å². The van der Waals surface area contributed by atoms with E-state index in [1.165, 1.54) is 35.7 Å². The number of alkyl halides is 3. The van der Waals surface area contributed by atoms with E-state index in [1.807, 2.05) is 4.90 Å². The van der Waals surface area contributed by atoms with Gasteiger partial charge in [0.05, 0.1) is 35.8 Å². The standard InChI is InChI=1S/C25H22ClF3N6O3S/c1-38-33-22(36)19-13-34(7-6-30-19)24-32-23(37)21(39-24)9-14-2-5-20-16(8-14)11-31-35(20)12-15-3-4-17(26)10-18(15)25(27,28)29/h2-5,8-11,19,30H,6-7,12-13H2,1H3,(H,33,36)/b21-9+. The van der Waals surface area contributed by atoms with E-state index in [-0.39, 0.29) is 28.9 Å². The molecule has 2 amide bonds. The zero-order valence-corrected chi connectivity index (χ0v) is 22.0. The van der Waals surface area contributed by atoms with Gasteiger partial charge in [0, 0.05) is 30.0 Å². The van der Waals surface area contributed by atoms with Crippen molar-refractivity contribution < 1.29 is 27.6 Å². The van der Waals surface area contributed by atoms with Gasteiger partial charge in [-0.15, -0.1) is 0 Å². The quantitative estimate of drug-likeness (QED) is 0.352. The van der Waals surface area contributed by atoms with Crippen molar-refractivity contribution in [2.45, 2.75) is 18.8 Å². The number of hydroxylamine groups is 1. The van der Waals surface area contributed by atoms with Crippen LogP contribution in [0.25, 0.3) is 17.0 Å². The van der Waals surface area contributed by atoms with Crippen molar-refractivity contribution in [1.29, 1.82) is 0 Å². The average Bonchev–Trinajstić information content (AvgIpc) is 3.47. The molecule has 2 aliphatic heterocycles. The maximum Gasteiger partial charge on any atom is 0.416 e. The number of carbonyl (C=O) groups is 2. The molecule has 3 aromatic rings. The lowest BCUT2D eigenvalue weighted by molar-refractivity contribution is -0.138. The van der Waals surface area contributed by atoms with Crippen LogP contribution in [0.1, 0.15) is 16.7 Å². The number of amides is 2. The van der Waals surface area contributed by atoms with Crippen LogP contribution in [0.4, 0.5) is 13.2 Å². The summed E-state index contributed by atoms with van der Waals surface area (Å²) in [7, 11) is 1.36. The number of hydrogen-bond acceptors (Lipinski definition) is 7. The number of nitrogens with zero attached hydrogens (tertiary/aromatic N) is 4. The van der Waals surface area contributed by atoms with Crippen molar-refractivity contribution in [1.82, 2.24) is 25.5 Å². The molecular weight excluding hydrogens is 557 g/mol. The Labute approximate surface area is 230 Å². The fraction of sp³-hybridized carbons (Fsp3) is 0.280. The van der Waals surface area contributed by atoms with Crippen molar-refractivity contribution in [3.63, 3.8) is 0 Å². The molecule has 1 unspecified atom stereocenters. The number of aliphatic imine (C=N–C) groups is 1. The minimum absolute atomic E-state index is 0.00825. The van der Waals surface area contributed by atoms with Crippen LogP contribution in [-0.4, -0.2) is 64.4 Å². The predicted molar refractivity (Wildman–Crippen MR) is 142 cm³/mol. The number of halogens is 4. The number of thioether (sulfide) groups is 1. The van der Waals surface area contributed by atoms with Crippen molar-refractivity contribution in [2.75, 3.05) is 26.7 Å². The highest BCUT2D eigenvalue weighted by Crippen LogP contribution is 2.35. The van der Waals surface area contributed by atoms with Crippen LogP contribution in [0.15, 0.2) is 52.5 Å². The Hall–Kier alpha value is -3.39. The maximum atomic E-state index is 13.5. The molecule has 0 bridgehead atoms. The van der Waals surface area contributed by atoms with E-state index in [9.17, 15) is 22.8 Å². The SMILES string of the molecule is CONC(=O)C1CN(C2=NC(=O)/C(=C\c3ccc4c(cnn4Cc4ccc(Cl)cc4C(F)(F)F)c3)S2)CCN1. The molecule has 1 atom stereocenters. The highest BCUT2D eigenvalue weighted by molar-refractivity contribution is 8.18. The van der Waals surface area contributed by atoms with Crippen LogP contribution in [-0.2, 0) is 27.1 Å². The highest BCUT2D eigenvalue weighted by Gasteiger charge is 2.34. The Morgan fingerprint density at radius 1 is 1.31 bits per heavy atom. The van der Waals surface area contributed by atoms with E-state index < -0.39 is 17.8 Å². The predicted octanol–water partition coefficient (Wildman–Crippen LogP) is 3.68. The van der Waals surface area contributed by atoms with Gasteiger partial charge in [-0.05, 0) is 53.2 Å². The lowest BCUT2D eigenvalue weighted by Gasteiger charge is -2.33. The van der Waals surface area contributed by atoms with Crippen molar-refractivity contribution in [3.05, 3.63) is 69.2 Å². The first kappa shape index (κ1) is 27.2. The lowest BCUT2D eigenvalue weighted by Crippen LogP contribution is -2.57. The minimum atomic E-state index is -4.54. The smallest absolute Gasteiger partial charge is 0.347 e. The summed E-state index contributed by atoms with van der Waals surface area (Å²) in [6.45, 7) is 1.36. The third-order valence-electron chi connectivity index (χ3n) is 6.24. The summed E-state index contributed by atoms with van der Waals surface area (Å²) in [5.74, 6) is -0.697. The van der Waals surface area contributed by atoms with Crippen molar-refractivity contribution in [2.24, 2.45) is 4.99 Å². The number of benzene rings is 2. The highest BCUT2D eigenvalue weighted by atomic mass is 35.5. The molecule has 0 saturated carbocycles. The number of hydrogen-bond donors (Lipinski definition) is 2. The molecule has 0 radical (unpaired) electrons. The van der Waals surface area contributed by atoms with Gasteiger partial charge >= 0.3 is 6.18 Å². The van der Waals surface area contributed by atoms with Gasteiger partial charge in [0.25, 0.3) is 11.8 Å². The largest absolute Gasteiger partial charge is 0.416 e. The van der Waals surface area contributed by atoms with Crippen LogP contribution in [0.5, 0.6) is 0 Å². The number of carbonyl (C=O) groups excluding carboxylic acids is 2. The molecule has 14 heteroatoms. The number of nitrogens with one attached hydrogen (secondary N) is 2. The molecule has 204 valence electrons. The van der Waals surface area contributed by atoms with Crippen molar-refractivity contribution in [3.8, 4) is 0 Å². The van der Waals surface area contributed by atoms with E-state index in [4.69, 9.17) is 11.6 Å². The first-order valence-electron chi connectivity index (χ1n) is 11.8. The van der Waals surface area contributed by atoms with Crippen LogP contribution in [0.2, 0.25) is 5.02 Å². The second-order valence-corrected chi connectivity index (χ2v) is 10.3. The molecule has 1 fully saturated rings. The minimum Gasteiger partial charge on any atom is -0.347 e. The second kappa shape index (κ2) is 11.0. The second-order valence-electron chi connectivity index (χ2n) is 8.85. The van der Waals surface area contributed by atoms with Gasteiger partial charge in [-0.2, -0.15) is 23.3 Å². The van der Waals surface area contributed by atoms with Gasteiger partial charge < -0.3 is 10.2 Å². The molecule has 39 heavy (non-hydrogen) atoms. The number of fused-ring (bicyclic) bond motifs is 1. The van der Waals surface area contributed by atoms with E-state index >= 15 is 0 Å². The Kier molecular flexibility index (Phi) is 7.67. The Bertz CT molecular complexity index is 1510. The molecule has 3 heterocycles. The molecule has 5 rings (SSSR count). The third-order valence-corrected chi connectivity index (χ3v) is 7.51. The van der Waals surface area contributed by atoms with Gasteiger partial charge in [-0.3, -0.25) is 19.1 Å². The number of piperazine rings is 1. The number of amidine groups is 1. The van der Waals surface area contributed by atoms with Gasteiger partial charge in [0.1, 0.15) is 6.04 Å². The monoisotopic (exact) mass is 578 g/mol. The molecular formula is C25H22ClF3N6O3S. The average molecular weight is 579 g/mol.